The molecule has 2 heterocycles. The number of Topliss-reactive ketones (excluding diaryl/α,β-unsaturated/α-hetero) is 2. The van der Waals surface area contributed by atoms with E-state index in [0.717, 1.165) is 30.5 Å². The number of carbonyl (C=O) groups is 2. The standard InChI is InChI=1S/C46H54FN3O7Si/c1-8-48-39-32-23-29-22-31-36(34(54-25-27-16-11-9-12-17-27)24-30(38(31)47)33-20-15-21-50(33)5)40(51)35(29)42(52)46(32,57-58(6,7)45(2,3)4)43(53)37-41(39)56-49-44(37)55-26-28-18-13-10-14-19-28/h9-14,16-19,24,29,32-33,39,48,52H,8,15,20-23,25-26H2,1-7H3/t29-,32-,33?,39-,46-/m0/s1. The van der Waals surface area contributed by atoms with Gasteiger partial charge in [0.15, 0.2) is 25.5 Å². The first-order valence-electron chi connectivity index (χ1n) is 20.5. The number of hydrogen-bond donors (Lipinski definition) is 2. The van der Waals surface area contributed by atoms with Crippen LogP contribution in [0.3, 0.4) is 0 Å². The van der Waals surface area contributed by atoms with Crippen LogP contribution >= 0.6 is 0 Å². The first-order valence-corrected chi connectivity index (χ1v) is 23.4. The van der Waals surface area contributed by atoms with Crippen LogP contribution in [-0.4, -0.2) is 60.8 Å². The average Bonchev–Trinajstić information content (AvgIpc) is 3.82. The third kappa shape index (κ3) is 6.62. The highest BCUT2D eigenvalue weighted by atomic mass is 28.4. The van der Waals surface area contributed by atoms with E-state index < -0.39 is 60.0 Å². The zero-order chi connectivity index (χ0) is 41.1. The summed E-state index contributed by atoms with van der Waals surface area (Å²) in [6.45, 7) is 13.8. The molecule has 5 atom stereocenters. The van der Waals surface area contributed by atoms with Gasteiger partial charge in [-0.05, 0) is 92.2 Å². The molecule has 3 aromatic carbocycles. The molecule has 4 aromatic rings. The second kappa shape index (κ2) is 15.2. The normalized spacial score (nSPS) is 24.6. The fourth-order valence-corrected chi connectivity index (χ4v) is 10.7. The summed E-state index contributed by atoms with van der Waals surface area (Å²) in [4.78, 5) is 33.0. The van der Waals surface area contributed by atoms with Crippen LogP contribution < -0.4 is 14.8 Å². The van der Waals surface area contributed by atoms with E-state index in [1.54, 1.807) is 6.07 Å². The second-order valence-corrected chi connectivity index (χ2v) is 22.6. The summed E-state index contributed by atoms with van der Waals surface area (Å²) >= 11 is 0. The molecule has 0 amide bonds. The number of nitrogens with one attached hydrogen (secondary N) is 1. The highest BCUT2D eigenvalue weighted by Gasteiger charge is 2.67. The molecule has 1 aromatic heterocycles. The summed E-state index contributed by atoms with van der Waals surface area (Å²) < 4.78 is 43.0. The number of ketones is 2. The molecule has 306 valence electrons. The van der Waals surface area contributed by atoms with Crippen LogP contribution in [0.5, 0.6) is 11.6 Å². The summed E-state index contributed by atoms with van der Waals surface area (Å²) in [6.07, 6.45) is 2.08. The lowest BCUT2D eigenvalue weighted by Gasteiger charge is -2.54. The molecule has 1 aliphatic heterocycles. The number of rotatable bonds is 11. The third-order valence-electron chi connectivity index (χ3n) is 13.3. The molecular formula is C46H54FN3O7Si. The Kier molecular flexibility index (Phi) is 10.5. The zero-order valence-corrected chi connectivity index (χ0v) is 35.5. The largest absolute Gasteiger partial charge is 0.508 e. The number of nitrogens with zero attached hydrogens (tertiary/aromatic N) is 2. The van der Waals surface area contributed by atoms with E-state index in [1.165, 1.54) is 0 Å². The molecular weight excluding hydrogens is 754 g/mol. The van der Waals surface area contributed by atoms with E-state index in [-0.39, 0.29) is 66.0 Å². The van der Waals surface area contributed by atoms with Gasteiger partial charge in [0.05, 0.1) is 11.6 Å². The van der Waals surface area contributed by atoms with Gasteiger partial charge in [0, 0.05) is 28.7 Å². The van der Waals surface area contributed by atoms with E-state index in [1.807, 2.05) is 87.7 Å². The van der Waals surface area contributed by atoms with Gasteiger partial charge in [-0.15, -0.1) is 0 Å². The monoisotopic (exact) mass is 807 g/mol. The second-order valence-electron chi connectivity index (χ2n) is 17.8. The molecule has 1 saturated heterocycles. The van der Waals surface area contributed by atoms with E-state index in [2.05, 4.69) is 36.1 Å². The topological polar surface area (TPSA) is 123 Å². The number of hydrogen-bond acceptors (Lipinski definition) is 10. The Morgan fingerprint density at radius 3 is 2.28 bits per heavy atom. The fraction of sp³-hybridized carbons (Fsp3) is 0.457. The summed E-state index contributed by atoms with van der Waals surface area (Å²) in [6, 6.07) is 20.0. The number of benzene rings is 3. The van der Waals surface area contributed by atoms with Crippen molar-refractivity contribution in [1.29, 1.82) is 0 Å². The van der Waals surface area contributed by atoms with Gasteiger partial charge < -0.3 is 28.8 Å². The lowest BCUT2D eigenvalue weighted by atomic mass is 9.58. The number of fused-ring (bicyclic) bond motifs is 4. The van der Waals surface area contributed by atoms with Crippen LogP contribution in [0.4, 0.5) is 4.39 Å². The Hall–Kier alpha value is -4.62. The number of aromatic nitrogens is 1. The van der Waals surface area contributed by atoms with Crippen molar-refractivity contribution in [3.05, 3.63) is 123 Å². The molecule has 4 aliphatic rings. The highest BCUT2D eigenvalue weighted by molar-refractivity contribution is 6.74. The Balaban J connectivity index is 1.31. The number of ether oxygens (including phenoxy) is 2. The number of halogens is 1. The smallest absolute Gasteiger partial charge is 0.265 e. The van der Waals surface area contributed by atoms with E-state index in [9.17, 15) is 5.11 Å². The minimum atomic E-state index is -2.92. The zero-order valence-electron chi connectivity index (χ0n) is 34.5. The number of allylic oxidation sites excluding steroid dienone is 1. The van der Waals surface area contributed by atoms with Crippen LogP contribution in [0.2, 0.25) is 18.1 Å². The average molecular weight is 808 g/mol. The van der Waals surface area contributed by atoms with Crippen molar-refractivity contribution >= 4 is 19.9 Å². The van der Waals surface area contributed by atoms with Gasteiger partial charge >= 0.3 is 0 Å². The predicted molar refractivity (Wildman–Crippen MR) is 220 cm³/mol. The quantitative estimate of drug-likeness (QED) is 0.142. The maximum Gasteiger partial charge on any atom is 0.265 e. The van der Waals surface area contributed by atoms with Crippen LogP contribution in [0.25, 0.3) is 0 Å². The molecule has 10 nitrogen and oxygen atoms in total. The van der Waals surface area contributed by atoms with E-state index in [4.69, 9.17) is 18.4 Å². The maximum atomic E-state index is 17.1. The minimum absolute atomic E-state index is 0.00766. The SMILES string of the molecule is CCN[C@@H]1c2onc(OCc3ccccc3)c2C(=O)[C@@]2(O[Si](C)(C)C(C)(C)C)C(O)=C3C(=O)c4c(OCc5ccccc5)cc(C5CCCN5C)c(F)c4C[C@H]3C[C@@H]12. The van der Waals surface area contributed by atoms with Gasteiger partial charge in [-0.2, -0.15) is 0 Å². The first kappa shape index (κ1) is 40.2. The van der Waals surface area contributed by atoms with Crippen molar-refractivity contribution in [3.63, 3.8) is 0 Å². The Labute approximate surface area is 340 Å². The van der Waals surface area contributed by atoms with Crippen LogP contribution in [0.15, 0.2) is 82.6 Å². The third-order valence-corrected chi connectivity index (χ3v) is 17.7. The lowest BCUT2D eigenvalue weighted by Crippen LogP contribution is -2.65. The summed E-state index contributed by atoms with van der Waals surface area (Å²) in [5.41, 5.74) is 0.779. The predicted octanol–water partition coefficient (Wildman–Crippen LogP) is 9.23. The molecule has 2 N–H and O–H groups in total. The van der Waals surface area contributed by atoms with Gasteiger partial charge in [-0.25, -0.2) is 4.39 Å². The van der Waals surface area contributed by atoms with Crippen molar-refractivity contribution in [2.45, 2.75) is 102 Å². The molecule has 0 radical (unpaired) electrons. The Bertz CT molecular complexity index is 2250. The summed E-state index contributed by atoms with van der Waals surface area (Å²) in [5, 5.41) is 20.4. The Morgan fingerprint density at radius 1 is 1.02 bits per heavy atom. The van der Waals surface area contributed by atoms with Crippen LogP contribution in [-0.2, 0) is 24.1 Å². The first-order chi connectivity index (χ1) is 27.7. The van der Waals surface area contributed by atoms with Crippen LogP contribution in [0, 0.1) is 17.7 Å². The van der Waals surface area contributed by atoms with Gasteiger partial charge in [0.2, 0.25) is 5.78 Å². The van der Waals surface area contributed by atoms with Crippen LogP contribution in [0.1, 0.15) is 108 Å². The Morgan fingerprint density at radius 2 is 1.67 bits per heavy atom. The van der Waals surface area contributed by atoms with Crippen molar-refractivity contribution in [1.82, 2.24) is 15.4 Å². The highest BCUT2D eigenvalue weighted by Crippen LogP contribution is 2.59. The van der Waals surface area contributed by atoms with Gasteiger partial charge in [0.1, 0.15) is 36.1 Å². The molecule has 58 heavy (non-hydrogen) atoms. The molecule has 3 aliphatic carbocycles. The van der Waals surface area contributed by atoms with Gasteiger partial charge in [-0.1, -0.05) is 88.4 Å². The van der Waals surface area contributed by atoms with Crippen molar-refractivity contribution in [3.8, 4) is 11.6 Å². The van der Waals surface area contributed by atoms with Gasteiger partial charge in [0.25, 0.3) is 5.88 Å². The van der Waals surface area contributed by atoms with Crippen molar-refractivity contribution in [2.24, 2.45) is 11.8 Å². The molecule has 0 spiro atoms. The number of aliphatic hydroxyl groups is 1. The maximum absolute atomic E-state index is 17.1. The lowest BCUT2D eigenvalue weighted by molar-refractivity contribution is -0.0321. The summed E-state index contributed by atoms with van der Waals surface area (Å²) in [7, 11) is -0.929. The minimum Gasteiger partial charge on any atom is -0.508 e. The molecule has 12 heteroatoms. The number of aliphatic hydroxyl groups excluding tert-OH is 1. The van der Waals surface area contributed by atoms with Gasteiger partial charge in [-0.3, -0.25) is 14.5 Å². The molecule has 0 bridgehead atoms. The van der Waals surface area contributed by atoms with Crippen molar-refractivity contribution < 1.29 is 37.5 Å². The molecule has 1 fully saturated rings. The molecule has 8 rings (SSSR count). The van der Waals surface area contributed by atoms with E-state index >= 15 is 14.0 Å². The van der Waals surface area contributed by atoms with Crippen molar-refractivity contribution in [2.75, 3.05) is 20.1 Å². The number of carbonyl (C=O) groups excluding carboxylic acids is 2. The summed E-state index contributed by atoms with van der Waals surface area (Å²) in [5.74, 6) is -2.78. The fourth-order valence-electron chi connectivity index (χ4n) is 9.29. The molecule has 0 saturated carbocycles. The van der Waals surface area contributed by atoms with E-state index in [0.29, 0.717) is 17.9 Å². The molecule has 1 unspecified atom stereocenters. The number of likely N-dealkylation sites (tertiary alicyclic amines) is 1.